The second-order valence-corrected chi connectivity index (χ2v) is 3.98. The van der Waals surface area contributed by atoms with E-state index in [4.69, 9.17) is 10.5 Å². The summed E-state index contributed by atoms with van der Waals surface area (Å²) in [6.45, 7) is 6.73. The number of rotatable bonds is 3. The lowest BCUT2D eigenvalue weighted by Gasteiger charge is -2.32. The monoisotopic (exact) mass is 186 g/mol. The van der Waals surface area contributed by atoms with Crippen molar-refractivity contribution in [3.63, 3.8) is 0 Å². The van der Waals surface area contributed by atoms with Crippen molar-refractivity contribution in [3.8, 4) is 0 Å². The molecule has 0 radical (unpaired) electrons. The smallest absolute Gasteiger partial charge is 0.409 e. The molecule has 1 saturated heterocycles. The van der Waals surface area contributed by atoms with E-state index in [2.05, 4.69) is 13.8 Å². The lowest BCUT2D eigenvalue weighted by molar-refractivity contribution is 0.0413. The van der Waals surface area contributed by atoms with Crippen LogP contribution in [0.3, 0.4) is 0 Å². The molecule has 1 unspecified atom stereocenters. The number of carbonyl (C=O) groups excluding carboxylic acids is 1. The third-order valence-corrected chi connectivity index (χ3v) is 2.10. The summed E-state index contributed by atoms with van der Waals surface area (Å²) in [5.41, 5.74) is 5.52. The number of cyclic esters (lactones) is 1. The molecule has 4 heteroatoms. The minimum atomic E-state index is -0.196. The van der Waals surface area contributed by atoms with Gasteiger partial charge in [0.25, 0.3) is 0 Å². The summed E-state index contributed by atoms with van der Waals surface area (Å²) in [6.07, 6.45) is -0.196. The highest BCUT2D eigenvalue weighted by atomic mass is 16.6. The van der Waals surface area contributed by atoms with Gasteiger partial charge in [0.2, 0.25) is 0 Å². The lowest BCUT2D eigenvalue weighted by atomic mass is 10.1. The topological polar surface area (TPSA) is 55.6 Å². The first-order chi connectivity index (χ1) is 6.13. The molecular formula is C9H18N2O2. The van der Waals surface area contributed by atoms with E-state index in [9.17, 15) is 4.79 Å². The Morgan fingerprint density at radius 2 is 2.38 bits per heavy atom. The van der Waals surface area contributed by atoms with Crippen molar-refractivity contribution >= 4 is 6.09 Å². The summed E-state index contributed by atoms with van der Waals surface area (Å²) in [6, 6.07) is 0. The minimum Gasteiger partial charge on any atom is -0.449 e. The molecule has 1 rings (SSSR count). The van der Waals surface area contributed by atoms with Crippen LogP contribution in [0.1, 0.15) is 13.8 Å². The maximum Gasteiger partial charge on any atom is 0.409 e. The molecule has 4 nitrogen and oxygen atoms in total. The molecule has 1 amide bonds. The first-order valence-corrected chi connectivity index (χ1v) is 4.75. The van der Waals surface area contributed by atoms with E-state index in [0.29, 0.717) is 25.0 Å². The SMILES string of the molecule is CC(C)CN1CC(CN)COC1=O. The van der Waals surface area contributed by atoms with Crippen molar-refractivity contribution in [1.82, 2.24) is 4.90 Å². The Kier molecular flexibility index (Phi) is 3.54. The zero-order chi connectivity index (χ0) is 9.84. The number of amides is 1. The van der Waals surface area contributed by atoms with Gasteiger partial charge < -0.3 is 15.4 Å². The van der Waals surface area contributed by atoms with E-state index in [1.807, 2.05) is 0 Å². The van der Waals surface area contributed by atoms with E-state index in [0.717, 1.165) is 13.1 Å². The van der Waals surface area contributed by atoms with Gasteiger partial charge in [-0.05, 0) is 5.92 Å². The lowest BCUT2D eigenvalue weighted by Crippen LogP contribution is -2.46. The van der Waals surface area contributed by atoms with Crippen molar-refractivity contribution in [2.75, 3.05) is 26.2 Å². The number of hydrogen-bond acceptors (Lipinski definition) is 3. The average molecular weight is 186 g/mol. The molecule has 76 valence electrons. The Bertz CT molecular complexity index is 182. The van der Waals surface area contributed by atoms with Crippen molar-refractivity contribution < 1.29 is 9.53 Å². The fraction of sp³-hybridized carbons (Fsp3) is 0.889. The minimum absolute atomic E-state index is 0.196. The van der Waals surface area contributed by atoms with E-state index >= 15 is 0 Å². The Morgan fingerprint density at radius 1 is 1.69 bits per heavy atom. The molecule has 0 aromatic heterocycles. The highest BCUT2D eigenvalue weighted by Crippen LogP contribution is 2.11. The predicted octanol–water partition coefficient (Wildman–Crippen LogP) is 0.670. The molecule has 0 spiro atoms. The molecular weight excluding hydrogens is 168 g/mol. The van der Waals surface area contributed by atoms with Crippen molar-refractivity contribution in [2.24, 2.45) is 17.6 Å². The zero-order valence-electron chi connectivity index (χ0n) is 8.32. The van der Waals surface area contributed by atoms with Gasteiger partial charge in [-0.15, -0.1) is 0 Å². The van der Waals surface area contributed by atoms with E-state index in [1.54, 1.807) is 4.90 Å². The second kappa shape index (κ2) is 4.46. The van der Waals surface area contributed by atoms with Crippen LogP contribution in [0.15, 0.2) is 0 Å². The molecule has 0 aromatic carbocycles. The van der Waals surface area contributed by atoms with Crippen LogP contribution < -0.4 is 5.73 Å². The summed E-state index contributed by atoms with van der Waals surface area (Å²) in [5.74, 6) is 0.778. The summed E-state index contributed by atoms with van der Waals surface area (Å²) >= 11 is 0. The molecule has 1 heterocycles. The first-order valence-electron chi connectivity index (χ1n) is 4.75. The summed E-state index contributed by atoms with van der Waals surface area (Å²) in [4.78, 5) is 13.0. The van der Waals surface area contributed by atoms with Gasteiger partial charge in [0, 0.05) is 25.6 Å². The quantitative estimate of drug-likeness (QED) is 0.704. The number of ether oxygens (including phenoxy) is 1. The Morgan fingerprint density at radius 3 is 2.92 bits per heavy atom. The van der Waals surface area contributed by atoms with Gasteiger partial charge in [-0.2, -0.15) is 0 Å². The van der Waals surface area contributed by atoms with Crippen LogP contribution in [0.2, 0.25) is 0 Å². The van der Waals surface area contributed by atoms with Crippen molar-refractivity contribution in [1.29, 1.82) is 0 Å². The van der Waals surface area contributed by atoms with Crippen LogP contribution in [0, 0.1) is 11.8 Å². The molecule has 1 fully saturated rings. The van der Waals surface area contributed by atoms with Gasteiger partial charge >= 0.3 is 6.09 Å². The van der Waals surface area contributed by atoms with Crippen LogP contribution in [-0.4, -0.2) is 37.2 Å². The van der Waals surface area contributed by atoms with Crippen molar-refractivity contribution in [3.05, 3.63) is 0 Å². The number of nitrogens with zero attached hydrogens (tertiary/aromatic N) is 1. The molecule has 1 aliphatic rings. The van der Waals surface area contributed by atoms with Gasteiger partial charge in [-0.25, -0.2) is 4.79 Å². The molecule has 1 aliphatic heterocycles. The Labute approximate surface area is 79.0 Å². The Hall–Kier alpha value is -0.770. The summed E-state index contributed by atoms with van der Waals surface area (Å²) in [7, 11) is 0. The van der Waals surface area contributed by atoms with Gasteiger partial charge in [0.15, 0.2) is 0 Å². The maximum atomic E-state index is 11.3. The average Bonchev–Trinajstić information content (AvgIpc) is 2.08. The van der Waals surface area contributed by atoms with Crippen molar-refractivity contribution in [2.45, 2.75) is 13.8 Å². The molecule has 0 saturated carbocycles. The van der Waals surface area contributed by atoms with E-state index in [1.165, 1.54) is 0 Å². The van der Waals surface area contributed by atoms with Crippen LogP contribution in [0.5, 0.6) is 0 Å². The van der Waals surface area contributed by atoms with Gasteiger partial charge in [0.1, 0.15) is 0 Å². The molecule has 2 N–H and O–H groups in total. The molecule has 0 aromatic rings. The number of carbonyl (C=O) groups is 1. The van der Waals surface area contributed by atoms with Crippen LogP contribution >= 0.6 is 0 Å². The first kappa shape index (κ1) is 10.3. The molecule has 0 bridgehead atoms. The zero-order valence-corrected chi connectivity index (χ0v) is 8.32. The fourth-order valence-corrected chi connectivity index (χ4v) is 1.45. The normalized spacial score (nSPS) is 23.5. The molecule has 1 atom stereocenters. The second-order valence-electron chi connectivity index (χ2n) is 3.98. The fourth-order valence-electron chi connectivity index (χ4n) is 1.45. The van der Waals surface area contributed by atoms with Crippen LogP contribution in [-0.2, 0) is 4.74 Å². The van der Waals surface area contributed by atoms with Gasteiger partial charge in [0.05, 0.1) is 6.61 Å². The summed E-state index contributed by atoms with van der Waals surface area (Å²) < 4.78 is 5.00. The maximum absolute atomic E-state index is 11.3. The standard InChI is InChI=1S/C9H18N2O2/c1-7(2)4-11-5-8(3-10)6-13-9(11)12/h7-8H,3-6,10H2,1-2H3. The highest BCUT2D eigenvalue weighted by molar-refractivity contribution is 5.68. The Balaban J connectivity index is 2.45. The molecule has 13 heavy (non-hydrogen) atoms. The van der Waals surface area contributed by atoms with E-state index in [-0.39, 0.29) is 6.09 Å². The predicted molar refractivity (Wildman–Crippen MR) is 50.3 cm³/mol. The van der Waals surface area contributed by atoms with E-state index < -0.39 is 0 Å². The largest absolute Gasteiger partial charge is 0.449 e. The van der Waals surface area contributed by atoms with Crippen LogP contribution in [0.4, 0.5) is 4.79 Å². The third-order valence-electron chi connectivity index (χ3n) is 2.10. The number of hydrogen-bond donors (Lipinski definition) is 1. The van der Waals surface area contributed by atoms with Gasteiger partial charge in [-0.1, -0.05) is 13.8 Å². The summed E-state index contributed by atoms with van der Waals surface area (Å²) in [5, 5.41) is 0. The number of nitrogens with two attached hydrogens (primary N) is 1. The third kappa shape index (κ3) is 2.88. The van der Waals surface area contributed by atoms with Gasteiger partial charge in [-0.3, -0.25) is 0 Å². The molecule has 0 aliphatic carbocycles. The van der Waals surface area contributed by atoms with Crippen LogP contribution in [0.25, 0.3) is 0 Å². The highest BCUT2D eigenvalue weighted by Gasteiger charge is 2.26.